The predicted octanol–water partition coefficient (Wildman–Crippen LogP) is 2.47. The smallest absolute Gasteiger partial charge is 0.138 e. The van der Waals surface area contributed by atoms with Gasteiger partial charge in [-0.25, -0.2) is 4.68 Å². The molecule has 2 aromatic rings. The first-order valence-electron chi connectivity index (χ1n) is 7.65. The van der Waals surface area contributed by atoms with Crippen molar-refractivity contribution in [2.24, 2.45) is 0 Å². The molecule has 1 fully saturated rings. The van der Waals surface area contributed by atoms with E-state index in [0.717, 1.165) is 35.6 Å². The Labute approximate surface area is 124 Å². The lowest BCUT2D eigenvalue weighted by molar-refractivity contribution is 0.273. The molecule has 6 nitrogen and oxygen atoms in total. The van der Waals surface area contributed by atoms with E-state index in [4.69, 9.17) is 4.52 Å². The van der Waals surface area contributed by atoms with Crippen LogP contribution in [-0.2, 0) is 13.2 Å². The summed E-state index contributed by atoms with van der Waals surface area (Å²) in [6.07, 6.45) is 6.10. The zero-order valence-electron chi connectivity index (χ0n) is 12.7. The Morgan fingerprint density at radius 1 is 1.24 bits per heavy atom. The third kappa shape index (κ3) is 2.72. The molecule has 0 unspecified atom stereocenters. The van der Waals surface area contributed by atoms with Crippen LogP contribution in [0.1, 0.15) is 66.4 Å². The summed E-state index contributed by atoms with van der Waals surface area (Å²) in [7, 11) is 0. The van der Waals surface area contributed by atoms with Gasteiger partial charge < -0.3 is 9.63 Å². The van der Waals surface area contributed by atoms with Crippen molar-refractivity contribution in [1.29, 1.82) is 0 Å². The van der Waals surface area contributed by atoms with Crippen molar-refractivity contribution in [2.45, 2.75) is 65.0 Å². The van der Waals surface area contributed by atoms with E-state index in [0.29, 0.717) is 18.2 Å². The van der Waals surface area contributed by atoms with Crippen LogP contribution < -0.4 is 0 Å². The van der Waals surface area contributed by atoms with E-state index >= 15 is 0 Å². The van der Waals surface area contributed by atoms with Gasteiger partial charge in [0.25, 0.3) is 0 Å². The SMILES string of the molecule is Cc1noc(C)c1Cn1nnc(CO)c1C1CCCCC1. The van der Waals surface area contributed by atoms with Crippen molar-refractivity contribution in [3.63, 3.8) is 0 Å². The van der Waals surface area contributed by atoms with Crippen molar-refractivity contribution < 1.29 is 9.63 Å². The fourth-order valence-corrected chi connectivity index (χ4v) is 3.29. The minimum Gasteiger partial charge on any atom is -0.390 e. The minimum atomic E-state index is -0.0482. The highest BCUT2D eigenvalue weighted by atomic mass is 16.5. The van der Waals surface area contributed by atoms with Crippen LogP contribution in [0.15, 0.2) is 4.52 Å². The molecule has 6 heteroatoms. The number of hydrogen-bond donors (Lipinski definition) is 1. The van der Waals surface area contributed by atoms with Crippen molar-refractivity contribution in [2.75, 3.05) is 0 Å². The van der Waals surface area contributed by atoms with Crippen LogP contribution in [0.4, 0.5) is 0 Å². The zero-order valence-corrected chi connectivity index (χ0v) is 12.7. The molecule has 1 saturated carbocycles. The van der Waals surface area contributed by atoms with Crippen LogP contribution in [0.25, 0.3) is 0 Å². The third-order valence-corrected chi connectivity index (χ3v) is 4.48. The van der Waals surface area contributed by atoms with Gasteiger partial charge in [-0.05, 0) is 26.7 Å². The van der Waals surface area contributed by atoms with Gasteiger partial charge >= 0.3 is 0 Å². The van der Waals surface area contributed by atoms with Gasteiger partial charge in [-0.15, -0.1) is 5.10 Å². The summed E-state index contributed by atoms with van der Waals surface area (Å²) in [5.41, 5.74) is 3.76. The number of aliphatic hydroxyl groups is 1. The van der Waals surface area contributed by atoms with Gasteiger partial charge in [0.2, 0.25) is 0 Å². The maximum atomic E-state index is 9.55. The Balaban J connectivity index is 1.93. The fourth-order valence-electron chi connectivity index (χ4n) is 3.29. The second kappa shape index (κ2) is 5.97. The first-order valence-corrected chi connectivity index (χ1v) is 7.65. The van der Waals surface area contributed by atoms with E-state index in [1.54, 1.807) is 0 Å². The largest absolute Gasteiger partial charge is 0.390 e. The summed E-state index contributed by atoms with van der Waals surface area (Å²) in [6, 6.07) is 0. The molecule has 0 spiro atoms. The molecule has 0 bridgehead atoms. The molecule has 3 rings (SSSR count). The Hall–Kier alpha value is -1.69. The number of aryl methyl sites for hydroxylation is 2. The molecular formula is C15H22N4O2. The van der Waals surface area contributed by atoms with Crippen molar-refractivity contribution >= 4 is 0 Å². The Morgan fingerprint density at radius 3 is 2.62 bits per heavy atom. The molecule has 2 heterocycles. The molecule has 0 saturated heterocycles. The Kier molecular flexibility index (Phi) is 4.05. The molecule has 1 aliphatic carbocycles. The van der Waals surface area contributed by atoms with E-state index in [1.807, 2.05) is 18.5 Å². The van der Waals surface area contributed by atoms with Crippen molar-refractivity contribution in [3.05, 3.63) is 28.4 Å². The van der Waals surface area contributed by atoms with Gasteiger partial charge in [-0.2, -0.15) is 0 Å². The van der Waals surface area contributed by atoms with Crippen LogP contribution in [0.2, 0.25) is 0 Å². The lowest BCUT2D eigenvalue weighted by atomic mass is 9.86. The summed E-state index contributed by atoms with van der Waals surface area (Å²) >= 11 is 0. The minimum absolute atomic E-state index is 0.0482. The fraction of sp³-hybridized carbons (Fsp3) is 0.667. The summed E-state index contributed by atoms with van der Waals surface area (Å²) in [4.78, 5) is 0. The van der Waals surface area contributed by atoms with Gasteiger partial charge in [-0.3, -0.25) is 0 Å². The van der Waals surface area contributed by atoms with E-state index in [9.17, 15) is 5.11 Å². The van der Waals surface area contributed by atoms with Gasteiger partial charge in [0.1, 0.15) is 11.5 Å². The Bertz CT molecular complexity index is 592. The summed E-state index contributed by atoms with van der Waals surface area (Å²) in [5.74, 6) is 1.28. The quantitative estimate of drug-likeness (QED) is 0.936. The second-order valence-electron chi connectivity index (χ2n) is 5.87. The highest BCUT2D eigenvalue weighted by Gasteiger charge is 2.25. The Morgan fingerprint density at radius 2 is 2.00 bits per heavy atom. The van der Waals surface area contributed by atoms with Gasteiger partial charge in [0.15, 0.2) is 0 Å². The van der Waals surface area contributed by atoms with E-state index in [1.165, 1.54) is 19.3 Å². The average molecular weight is 290 g/mol. The normalized spacial score (nSPS) is 16.5. The maximum Gasteiger partial charge on any atom is 0.138 e. The van der Waals surface area contributed by atoms with E-state index in [2.05, 4.69) is 15.5 Å². The van der Waals surface area contributed by atoms with Gasteiger partial charge in [0, 0.05) is 11.5 Å². The highest BCUT2D eigenvalue weighted by Crippen LogP contribution is 2.34. The predicted molar refractivity (Wildman–Crippen MR) is 76.8 cm³/mol. The summed E-state index contributed by atoms with van der Waals surface area (Å²) in [6.45, 7) is 4.42. The third-order valence-electron chi connectivity index (χ3n) is 4.48. The molecule has 21 heavy (non-hydrogen) atoms. The number of aliphatic hydroxyl groups excluding tert-OH is 1. The van der Waals surface area contributed by atoms with Crippen molar-refractivity contribution in [1.82, 2.24) is 20.2 Å². The van der Waals surface area contributed by atoms with E-state index in [-0.39, 0.29) is 6.61 Å². The van der Waals surface area contributed by atoms with Gasteiger partial charge in [0.05, 0.1) is 24.5 Å². The zero-order chi connectivity index (χ0) is 14.8. The maximum absolute atomic E-state index is 9.55. The second-order valence-corrected chi connectivity index (χ2v) is 5.87. The van der Waals surface area contributed by atoms with Crippen LogP contribution in [0, 0.1) is 13.8 Å². The first-order chi connectivity index (χ1) is 10.2. The molecule has 0 radical (unpaired) electrons. The monoisotopic (exact) mass is 290 g/mol. The molecule has 0 atom stereocenters. The van der Waals surface area contributed by atoms with Crippen LogP contribution in [-0.4, -0.2) is 25.3 Å². The molecule has 2 aromatic heterocycles. The standard InChI is InChI=1S/C15H22N4O2/c1-10-13(11(2)21-17-10)8-19-15(14(9-20)16-18-19)12-6-4-3-5-7-12/h12,20H,3-9H2,1-2H3. The molecule has 0 amide bonds. The topological polar surface area (TPSA) is 77.0 Å². The first kappa shape index (κ1) is 14.3. The van der Waals surface area contributed by atoms with Gasteiger partial charge in [-0.1, -0.05) is 29.6 Å². The molecule has 0 aliphatic heterocycles. The van der Waals surface area contributed by atoms with Crippen LogP contribution >= 0.6 is 0 Å². The molecule has 114 valence electrons. The highest BCUT2D eigenvalue weighted by molar-refractivity contribution is 5.23. The number of rotatable bonds is 4. The summed E-state index contributed by atoms with van der Waals surface area (Å²) in [5, 5.41) is 22.0. The number of aromatic nitrogens is 4. The van der Waals surface area contributed by atoms with E-state index < -0.39 is 0 Å². The number of hydrogen-bond acceptors (Lipinski definition) is 5. The molecular weight excluding hydrogens is 268 g/mol. The number of nitrogens with zero attached hydrogens (tertiary/aromatic N) is 4. The molecule has 1 aliphatic rings. The molecule has 0 aromatic carbocycles. The lowest BCUT2D eigenvalue weighted by Crippen LogP contribution is -2.15. The van der Waals surface area contributed by atoms with Crippen LogP contribution in [0.3, 0.4) is 0 Å². The average Bonchev–Trinajstić information content (AvgIpc) is 3.06. The van der Waals surface area contributed by atoms with Crippen molar-refractivity contribution in [3.8, 4) is 0 Å². The van der Waals surface area contributed by atoms with Crippen LogP contribution in [0.5, 0.6) is 0 Å². The summed E-state index contributed by atoms with van der Waals surface area (Å²) < 4.78 is 7.15. The lowest BCUT2D eigenvalue weighted by Gasteiger charge is -2.23. The molecule has 1 N–H and O–H groups in total.